The fraction of sp³-hybridized carbons (Fsp3) is 0.381. The molecule has 0 atom stereocenters. The second-order valence-corrected chi connectivity index (χ2v) is 9.02. The van der Waals surface area contributed by atoms with Crippen LogP contribution in [0.1, 0.15) is 24.8 Å². The van der Waals surface area contributed by atoms with Gasteiger partial charge in [0.2, 0.25) is 0 Å². The number of rotatable bonds is 5. The predicted molar refractivity (Wildman–Crippen MR) is 113 cm³/mol. The van der Waals surface area contributed by atoms with E-state index in [-0.39, 0.29) is 11.6 Å². The number of benzene rings is 2. The third-order valence-electron chi connectivity index (χ3n) is 5.14. The average Bonchev–Trinajstić information content (AvgIpc) is 3.14. The first-order valence-electron chi connectivity index (χ1n) is 9.46. The minimum Gasteiger partial charge on any atom is -0.492 e. The van der Waals surface area contributed by atoms with Crippen LogP contribution in [-0.4, -0.2) is 24.7 Å². The summed E-state index contributed by atoms with van der Waals surface area (Å²) in [5.74, 6) is 0.598. The molecule has 1 aliphatic heterocycles. The molecule has 1 saturated heterocycles. The average molecular weight is 467 g/mol. The van der Waals surface area contributed by atoms with Gasteiger partial charge in [-0.05, 0) is 55.5 Å². The van der Waals surface area contributed by atoms with E-state index in [0.29, 0.717) is 29.5 Å². The summed E-state index contributed by atoms with van der Waals surface area (Å²) < 4.78 is 35.8. The number of ether oxygens (including phenoxy) is 1. The van der Waals surface area contributed by atoms with Gasteiger partial charge in [-0.15, -0.1) is 11.3 Å². The molecular formula is C21H21BrF2N2OS. The van der Waals surface area contributed by atoms with E-state index in [1.165, 1.54) is 23.5 Å². The maximum atomic E-state index is 14.2. The maximum Gasteiger partial charge on any atom is 0.150 e. The first-order valence-corrected chi connectivity index (χ1v) is 11.1. The Bertz CT molecular complexity index is 986. The van der Waals surface area contributed by atoms with Crippen LogP contribution in [0.25, 0.3) is 10.2 Å². The minimum atomic E-state index is -0.303. The Morgan fingerprint density at radius 1 is 1.18 bits per heavy atom. The highest BCUT2D eigenvalue weighted by Gasteiger charge is 2.22. The van der Waals surface area contributed by atoms with Gasteiger partial charge < -0.3 is 9.64 Å². The van der Waals surface area contributed by atoms with Crippen molar-refractivity contribution >= 4 is 43.2 Å². The molecule has 0 amide bonds. The largest absolute Gasteiger partial charge is 0.492 e. The molecule has 7 heteroatoms. The van der Waals surface area contributed by atoms with Crippen molar-refractivity contribution < 1.29 is 13.5 Å². The van der Waals surface area contributed by atoms with Crippen LogP contribution in [-0.2, 0) is 6.42 Å². The van der Waals surface area contributed by atoms with Crippen molar-refractivity contribution in [2.45, 2.75) is 26.2 Å². The maximum absolute atomic E-state index is 14.2. The molecule has 28 heavy (non-hydrogen) atoms. The van der Waals surface area contributed by atoms with Crippen molar-refractivity contribution in [3.05, 3.63) is 51.4 Å². The van der Waals surface area contributed by atoms with Gasteiger partial charge in [-0.25, -0.2) is 13.8 Å². The summed E-state index contributed by atoms with van der Waals surface area (Å²) in [4.78, 5) is 6.45. The van der Waals surface area contributed by atoms with Crippen LogP contribution in [0.2, 0.25) is 0 Å². The first-order chi connectivity index (χ1) is 13.5. The molecule has 0 N–H and O–H groups in total. The Labute approximate surface area is 175 Å². The standard InChI is InChI=1S/C21H21BrF2N2OS/c1-2-19-25-20-15(23)4-6-18(21(20)28-19)27-12-13-7-9-26(10-8-13)17-5-3-14(22)11-16(17)24/h3-6,11,13H,2,7-10,12H2,1H3. The van der Waals surface area contributed by atoms with E-state index in [0.717, 1.165) is 46.5 Å². The van der Waals surface area contributed by atoms with Crippen LogP contribution in [0, 0.1) is 17.6 Å². The third kappa shape index (κ3) is 4.01. The summed E-state index contributed by atoms with van der Waals surface area (Å²) in [5.41, 5.74) is 1.06. The van der Waals surface area contributed by atoms with Gasteiger partial charge in [0.05, 0.1) is 22.0 Å². The summed E-state index contributed by atoms with van der Waals surface area (Å²) in [7, 11) is 0. The lowest BCUT2D eigenvalue weighted by molar-refractivity contribution is 0.225. The minimum absolute atomic E-state index is 0.199. The quantitative estimate of drug-likeness (QED) is 0.447. The van der Waals surface area contributed by atoms with Crippen molar-refractivity contribution in [1.29, 1.82) is 0 Å². The summed E-state index contributed by atoms with van der Waals surface area (Å²) in [6, 6.07) is 8.31. The molecule has 2 aromatic carbocycles. The lowest BCUT2D eigenvalue weighted by Gasteiger charge is -2.33. The summed E-state index contributed by atoms with van der Waals surface area (Å²) in [6.07, 6.45) is 2.65. The molecule has 0 radical (unpaired) electrons. The number of hydrogen-bond donors (Lipinski definition) is 0. The lowest BCUT2D eigenvalue weighted by Crippen LogP contribution is -2.36. The highest BCUT2D eigenvalue weighted by atomic mass is 79.9. The molecule has 3 nitrogen and oxygen atoms in total. The Morgan fingerprint density at radius 2 is 1.96 bits per heavy atom. The van der Waals surface area contributed by atoms with E-state index in [4.69, 9.17) is 4.74 Å². The highest BCUT2D eigenvalue weighted by molar-refractivity contribution is 9.10. The number of halogens is 3. The number of hydrogen-bond acceptors (Lipinski definition) is 4. The molecule has 0 aliphatic carbocycles. The zero-order valence-corrected chi connectivity index (χ0v) is 18.0. The zero-order chi connectivity index (χ0) is 19.7. The second kappa shape index (κ2) is 8.33. The number of nitrogens with zero attached hydrogens (tertiary/aromatic N) is 2. The lowest BCUT2D eigenvalue weighted by atomic mass is 9.97. The Morgan fingerprint density at radius 3 is 2.68 bits per heavy atom. The van der Waals surface area contributed by atoms with Gasteiger partial charge in [-0.1, -0.05) is 22.9 Å². The van der Waals surface area contributed by atoms with Crippen LogP contribution in [0.4, 0.5) is 14.5 Å². The van der Waals surface area contributed by atoms with E-state index >= 15 is 0 Å². The summed E-state index contributed by atoms with van der Waals surface area (Å²) >= 11 is 4.79. The van der Waals surface area contributed by atoms with Crippen molar-refractivity contribution in [3.8, 4) is 5.75 Å². The zero-order valence-electron chi connectivity index (χ0n) is 15.6. The van der Waals surface area contributed by atoms with Gasteiger partial charge in [0.25, 0.3) is 0 Å². The SMILES string of the molecule is CCc1nc2c(F)ccc(OCC3CCN(c4ccc(Br)cc4F)CC3)c2s1. The van der Waals surface area contributed by atoms with E-state index in [2.05, 4.69) is 25.8 Å². The van der Waals surface area contributed by atoms with Gasteiger partial charge >= 0.3 is 0 Å². The Hall–Kier alpha value is -1.73. The normalized spacial score (nSPS) is 15.4. The Kier molecular flexibility index (Phi) is 5.83. The number of aromatic nitrogens is 1. The highest BCUT2D eigenvalue weighted by Crippen LogP contribution is 2.34. The number of piperidine rings is 1. The van der Waals surface area contributed by atoms with Crippen molar-refractivity contribution in [1.82, 2.24) is 4.98 Å². The van der Waals surface area contributed by atoms with Gasteiger partial charge in [0.15, 0.2) is 5.82 Å². The molecule has 1 fully saturated rings. The molecule has 0 bridgehead atoms. The Balaban J connectivity index is 1.39. The number of aryl methyl sites for hydroxylation is 1. The van der Waals surface area contributed by atoms with Crippen LogP contribution >= 0.6 is 27.3 Å². The third-order valence-corrected chi connectivity index (χ3v) is 6.85. The van der Waals surface area contributed by atoms with Gasteiger partial charge in [0.1, 0.15) is 17.1 Å². The molecule has 1 aliphatic rings. The molecule has 0 unspecified atom stereocenters. The molecule has 0 spiro atoms. The molecule has 1 aromatic heterocycles. The van der Waals surface area contributed by atoms with E-state index in [9.17, 15) is 8.78 Å². The van der Waals surface area contributed by atoms with Crippen molar-refractivity contribution in [2.75, 3.05) is 24.6 Å². The monoisotopic (exact) mass is 466 g/mol. The van der Waals surface area contributed by atoms with Gasteiger partial charge in [-0.2, -0.15) is 0 Å². The van der Waals surface area contributed by atoms with Crippen molar-refractivity contribution in [3.63, 3.8) is 0 Å². The molecular weight excluding hydrogens is 446 g/mol. The molecule has 148 valence electrons. The van der Waals surface area contributed by atoms with Crippen molar-refractivity contribution in [2.24, 2.45) is 5.92 Å². The molecule has 4 rings (SSSR count). The fourth-order valence-corrected chi connectivity index (χ4v) is 4.86. The van der Waals surface area contributed by atoms with E-state index in [1.54, 1.807) is 6.07 Å². The van der Waals surface area contributed by atoms with Crippen LogP contribution < -0.4 is 9.64 Å². The number of thiazole rings is 1. The number of anilines is 1. The molecule has 3 aromatic rings. The fourth-order valence-electron chi connectivity index (χ4n) is 3.55. The van der Waals surface area contributed by atoms with Gasteiger partial charge in [0, 0.05) is 17.6 Å². The smallest absolute Gasteiger partial charge is 0.150 e. The van der Waals surface area contributed by atoms with E-state index in [1.807, 2.05) is 19.1 Å². The van der Waals surface area contributed by atoms with Gasteiger partial charge in [-0.3, -0.25) is 0 Å². The second-order valence-electron chi connectivity index (χ2n) is 7.02. The number of fused-ring (bicyclic) bond motifs is 1. The topological polar surface area (TPSA) is 25.4 Å². The summed E-state index contributed by atoms with van der Waals surface area (Å²) in [6.45, 7) is 4.19. The van der Waals surface area contributed by atoms with Crippen LogP contribution in [0.5, 0.6) is 5.75 Å². The van der Waals surface area contributed by atoms with Crippen LogP contribution in [0.3, 0.4) is 0 Å². The molecule has 2 heterocycles. The first kappa shape index (κ1) is 19.6. The van der Waals surface area contributed by atoms with Crippen LogP contribution in [0.15, 0.2) is 34.8 Å². The van der Waals surface area contributed by atoms with E-state index < -0.39 is 0 Å². The molecule has 0 saturated carbocycles. The predicted octanol–water partition coefficient (Wildman–Crippen LogP) is 6.19. The summed E-state index contributed by atoms with van der Waals surface area (Å²) in [5, 5.41) is 0.912.